The van der Waals surface area contributed by atoms with Crippen LogP contribution in [0, 0.1) is 5.92 Å². The zero-order chi connectivity index (χ0) is 11.4. The van der Waals surface area contributed by atoms with Crippen LogP contribution in [0.3, 0.4) is 0 Å². The summed E-state index contributed by atoms with van der Waals surface area (Å²) < 4.78 is 4.77. The fourth-order valence-electron chi connectivity index (χ4n) is 2.25. The monoisotopic (exact) mass is 214 g/mol. The van der Waals surface area contributed by atoms with Crippen molar-refractivity contribution in [3.63, 3.8) is 0 Å². The van der Waals surface area contributed by atoms with E-state index in [1.54, 1.807) is 0 Å². The van der Waals surface area contributed by atoms with E-state index in [0.29, 0.717) is 18.5 Å². The zero-order valence-corrected chi connectivity index (χ0v) is 9.90. The van der Waals surface area contributed by atoms with Gasteiger partial charge in [0, 0.05) is 12.6 Å². The van der Waals surface area contributed by atoms with E-state index in [2.05, 4.69) is 11.8 Å². The van der Waals surface area contributed by atoms with Crippen LogP contribution in [0.4, 0.5) is 0 Å². The van der Waals surface area contributed by atoms with Crippen molar-refractivity contribution in [3.05, 3.63) is 0 Å². The molecule has 0 aromatic rings. The molecule has 1 aliphatic rings. The summed E-state index contributed by atoms with van der Waals surface area (Å²) in [6, 6.07) is 0.293. The summed E-state index contributed by atoms with van der Waals surface area (Å²) in [6.45, 7) is 5.68. The second-order valence-corrected chi connectivity index (χ2v) is 4.42. The van der Waals surface area contributed by atoms with E-state index in [9.17, 15) is 4.79 Å². The number of rotatable bonds is 3. The van der Waals surface area contributed by atoms with Gasteiger partial charge in [-0.25, -0.2) is 0 Å². The highest BCUT2D eigenvalue weighted by Crippen LogP contribution is 2.23. The van der Waals surface area contributed by atoms with E-state index in [1.165, 1.54) is 13.5 Å². The van der Waals surface area contributed by atoms with Crippen LogP contribution >= 0.6 is 0 Å². The van der Waals surface area contributed by atoms with Gasteiger partial charge in [0.2, 0.25) is 0 Å². The summed E-state index contributed by atoms with van der Waals surface area (Å²) in [6.07, 6.45) is 2.28. The lowest BCUT2D eigenvalue weighted by atomic mass is 9.92. The number of nitrogens with two attached hydrogens (primary N) is 1. The second kappa shape index (κ2) is 5.47. The molecule has 0 aromatic heterocycles. The molecule has 0 aliphatic carbocycles. The van der Waals surface area contributed by atoms with E-state index in [0.717, 1.165) is 13.0 Å². The first-order valence-corrected chi connectivity index (χ1v) is 5.63. The first-order chi connectivity index (χ1) is 7.10. The molecule has 4 heteroatoms. The van der Waals surface area contributed by atoms with Crippen molar-refractivity contribution < 1.29 is 9.53 Å². The van der Waals surface area contributed by atoms with Crippen LogP contribution in [0.2, 0.25) is 0 Å². The van der Waals surface area contributed by atoms with Crippen molar-refractivity contribution in [3.8, 4) is 0 Å². The maximum Gasteiger partial charge on any atom is 0.322 e. The van der Waals surface area contributed by atoms with Gasteiger partial charge in [0.05, 0.1) is 7.11 Å². The Morgan fingerprint density at radius 3 is 2.80 bits per heavy atom. The quantitative estimate of drug-likeness (QED) is 0.699. The number of hydrogen-bond donors (Lipinski definition) is 1. The SMILES string of the molecule is COC(=O)C(C)N1CC(CN)CCC1C. The fourth-order valence-corrected chi connectivity index (χ4v) is 2.25. The van der Waals surface area contributed by atoms with Crippen LogP contribution in [0.5, 0.6) is 0 Å². The average Bonchev–Trinajstić information content (AvgIpc) is 2.27. The molecule has 15 heavy (non-hydrogen) atoms. The van der Waals surface area contributed by atoms with Crippen LogP contribution in [0.25, 0.3) is 0 Å². The Morgan fingerprint density at radius 1 is 1.60 bits per heavy atom. The van der Waals surface area contributed by atoms with Gasteiger partial charge < -0.3 is 10.5 Å². The molecule has 3 atom stereocenters. The van der Waals surface area contributed by atoms with E-state index < -0.39 is 0 Å². The van der Waals surface area contributed by atoms with Crippen molar-refractivity contribution >= 4 is 5.97 Å². The van der Waals surface area contributed by atoms with Crippen molar-refractivity contribution in [2.45, 2.75) is 38.8 Å². The molecule has 1 rings (SSSR count). The zero-order valence-electron chi connectivity index (χ0n) is 9.90. The number of nitrogens with zero attached hydrogens (tertiary/aromatic N) is 1. The van der Waals surface area contributed by atoms with Crippen molar-refractivity contribution in [2.24, 2.45) is 11.7 Å². The Morgan fingerprint density at radius 2 is 2.27 bits per heavy atom. The third kappa shape index (κ3) is 2.92. The summed E-state index contributed by atoms with van der Waals surface area (Å²) in [7, 11) is 1.44. The third-order valence-corrected chi connectivity index (χ3v) is 3.40. The molecule has 1 fully saturated rings. The number of piperidine rings is 1. The highest BCUT2D eigenvalue weighted by molar-refractivity contribution is 5.75. The minimum Gasteiger partial charge on any atom is -0.468 e. The molecule has 0 amide bonds. The molecule has 0 spiro atoms. The maximum absolute atomic E-state index is 11.5. The van der Waals surface area contributed by atoms with Crippen LogP contribution in [-0.4, -0.2) is 43.2 Å². The minimum atomic E-state index is -0.153. The van der Waals surface area contributed by atoms with Crippen LogP contribution in [-0.2, 0) is 9.53 Å². The molecule has 1 heterocycles. The standard InChI is InChI=1S/C11H22N2O2/c1-8-4-5-10(6-12)7-13(8)9(2)11(14)15-3/h8-10H,4-7,12H2,1-3H3. The number of carbonyl (C=O) groups is 1. The molecular formula is C11H22N2O2. The first kappa shape index (κ1) is 12.5. The molecule has 1 saturated heterocycles. The average molecular weight is 214 g/mol. The normalized spacial score (nSPS) is 29.9. The van der Waals surface area contributed by atoms with Gasteiger partial charge >= 0.3 is 5.97 Å². The smallest absolute Gasteiger partial charge is 0.322 e. The molecular weight excluding hydrogens is 192 g/mol. The first-order valence-electron chi connectivity index (χ1n) is 5.63. The van der Waals surface area contributed by atoms with Gasteiger partial charge in [-0.3, -0.25) is 9.69 Å². The van der Waals surface area contributed by atoms with Gasteiger partial charge in [0.1, 0.15) is 6.04 Å². The van der Waals surface area contributed by atoms with Gasteiger partial charge in [-0.1, -0.05) is 0 Å². The van der Waals surface area contributed by atoms with Gasteiger partial charge in [-0.15, -0.1) is 0 Å². The number of esters is 1. The molecule has 2 N–H and O–H groups in total. The Bertz CT molecular complexity index is 221. The van der Waals surface area contributed by atoms with Crippen molar-refractivity contribution in [1.82, 2.24) is 4.90 Å². The van der Waals surface area contributed by atoms with E-state index in [4.69, 9.17) is 10.5 Å². The Balaban J connectivity index is 2.60. The molecule has 0 aromatic carbocycles. The summed E-state index contributed by atoms with van der Waals surface area (Å²) >= 11 is 0. The van der Waals surface area contributed by atoms with Gasteiger partial charge in [0.25, 0.3) is 0 Å². The van der Waals surface area contributed by atoms with Crippen LogP contribution in [0.15, 0.2) is 0 Å². The highest BCUT2D eigenvalue weighted by Gasteiger charge is 2.31. The predicted molar refractivity (Wildman–Crippen MR) is 59.4 cm³/mol. The maximum atomic E-state index is 11.5. The van der Waals surface area contributed by atoms with Crippen LogP contribution in [0.1, 0.15) is 26.7 Å². The second-order valence-electron chi connectivity index (χ2n) is 4.42. The lowest BCUT2D eigenvalue weighted by molar-refractivity contribution is -0.148. The van der Waals surface area contributed by atoms with Gasteiger partial charge in [-0.2, -0.15) is 0 Å². The molecule has 0 radical (unpaired) electrons. The van der Waals surface area contributed by atoms with Gasteiger partial charge in [0.15, 0.2) is 0 Å². The number of methoxy groups -OCH3 is 1. The summed E-state index contributed by atoms with van der Waals surface area (Å²) in [5.41, 5.74) is 5.68. The number of hydrogen-bond acceptors (Lipinski definition) is 4. The lowest BCUT2D eigenvalue weighted by Crippen LogP contribution is -2.51. The van der Waals surface area contributed by atoms with Crippen LogP contribution < -0.4 is 5.73 Å². The molecule has 1 aliphatic heterocycles. The molecule has 0 saturated carbocycles. The molecule has 0 bridgehead atoms. The van der Waals surface area contributed by atoms with E-state index in [-0.39, 0.29) is 12.0 Å². The summed E-state index contributed by atoms with van der Waals surface area (Å²) in [4.78, 5) is 13.7. The van der Waals surface area contributed by atoms with Crippen molar-refractivity contribution in [1.29, 1.82) is 0 Å². The number of ether oxygens (including phenoxy) is 1. The number of carbonyl (C=O) groups excluding carboxylic acids is 1. The summed E-state index contributed by atoms with van der Waals surface area (Å²) in [5, 5.41) is 0. The lowest BCUT2D eigenvalue weighted by Gasteiger charge is -2.40. The minimum absolute atomic E-state index is 0.153. The largest absolute Gasteiger partial charge is 0.468 e. The number of likely N-dealkylation sites (tertiary alicyclic amines) is 1. The topological polar surface area (TPSA) is 55.6 Å². The molecule has 3 unspecified atom stereocenters. The highest BCUT2D eigenvalue weighted by atomic mass is 16.5. The summed E-state index contributed by atoms with van der Waals surface area (Å²) in [5.74, 6) is 0.368. The predicted octanol–water partition coefficient (Wildman–Crippen LogP) is 0.607. The Kier molecular flexibility index (Phi) is 4.54. The van der Waals surface area contributed by atoms with E-state index >= 15 is 0 Å². The fraction of sp³-hybridized carbons (Fsp3) is 0.909. The van der Waals surface area contributed by atoms with Gasteiger partial charge in [-0.05, 0) is 39.2 Å². The third-order valence-electron chi connectivity index (χ3n) is 3.40. The van der Waals surface area contributed by atoms with Crippen molar-refractivity contribution in [2.75, 3.05) is 20.2 Å². The molecule has 4 nitrogen and oxygen atoms in total. The molecule has 88 valence electrons. The van der Waals surface area contributed by atoms with E-state index in [1.807, 2.05) is 6.92 Å². The Hall–Kier alpha value is -0.610. The Labute approximate surface area is 91.8 Å².